The highest BCUT2D eigenvalue weighted by molar-refractivity contribution is 5.76. The Morgan fingerprint density at radius 1 is 1.10 bits per heavy atom. The summed E-state index contributed by atoms with van der Waals surface area (Å²) in [4.78, 5) is 20.7. The number of aromatic nitrogens is 1. The van der Waals surface area contributed by atoms with Crippen LogP contribution in [-0.2, 0) is 11.2 Å². The predicted molar refractivity (Wildman–Crippen MR) is 112 cm³/mol. The van der Waals surface area contributed by atoms with Gasteiger partial charge in [-0.15, -0.1) is 0 Å². The van der Waals surface area contributed by atoms with Crippen LogP contribution in [0.25, 0.3) is 11.3 Å². The molecular weight excluding hydrogens is 385 g/mol. The Morgan fingerprint density at radius 2 is 1.83 bits per heavy atom. The van der Waals surface area contributed by atoms with Crippen LogP contribution in [0.1, 0.15) is 12.3 Å². The van der Waals surface area contributed by atoms with Gasteiger partial charge in [0.15, 0.2) is 11.7 Å². The minimum Gasteiger partial charge on any atom is -0.497 e. The zero-order chi connectivity index (χ0) is 20.9. The van der Waals surface area contributed by atoms with E-state index in [4.69, 9.17) is 9.15 Å². The molecule has 1 aliphatic rings. The van der Waals surface area contributed by atoms with Crippen molar-refractivity contribution in [3.63, 3.8) is 0 Å². The number of carbonyl (C=O) groups is 1. The van der Waals surface area contributed by atoms with Crippen LogP contribution in [0.2, 0.25) is 0 Å². The van der Waals surface area contributed by atoms with Crippen LogP contribution in [0.5, 0.6) is 5.75 Å². The van der Waals surface area contributed by atoms with Crippen LogP contribution in [0.3, 0.4) is 0 Å². The van der Waals surface area contributed by atoms with Crippen molar-refractivity contribution < 1.29 is 18.3 Å². The van der Waals surface area contributed by atoms with E-state index in [1.807, 2.05) is 40.1 Å². The lowest BCUT2D eigenvalue weighted by molar-refractivity contribution is -0.131. The first-order valence-corrected chi connectivity index (χ1v) is 10.0. The van der Waals surface area contributed by atoms with Gasteiger partial charge in [-0.25, -0.2) is 9.37 Å². The third kappa shape index (κ3) is 4.45. The number of methoxy groups -OCH3 is 1. The average molecular weight is 409 g/mol. The standard InChI is InChI=1S/C23H24FN3O3/c1-29-18-8-6-17(7-9-18)21-16-25-22(30-21)10-11-23(28)27-14-12-26(13-15-27)20-5-3-2-4-19(20)24/h2-9,16H,10-15H2,1H3. The number of halogens is 1. The average Bonchev–Trinajstić information content (AvgIpc) is 3.27. The number of oxazole rings is 1. The normalized spacial score (nSPS) is 14.1. The van der Waals surface area contributed by atoms with Gasteiger partial charge in [0.2, 0.25) is 5.91 Å². The molecule has 0 radical (unpaired) electrons. The molecule has 1 aromatic heterocycles. The van der Waals surface area contributed by atoms with Crippen LogP contribution in [0.4, 0.5) is 10.1 Å². The molecule has 0 bridgehead atoms. The Bertz CT molecular complexity index is 995. The number of para-hydroxylation sites is 1. The molecule has 3 aromatic rings. The summed E-state index contributed by atoms with van der Waals surface area (Å²) in [5.74, 6) is 1.82. The molecule has 1 saturated heterocycles. The summed E-state index contributed by atoms with van der Waals surface area (Å²) in [5.41, 5.74) is 1.50. The second-order valence-electron chi connectivity index (χ2n) is 7.17. The van der Waals surface area contributed by atoms with E-state index in [0.717, 1.165) is 11.3 Å². The number of ether oxygens (including phenoxy) is 1. The zero-order valence-corrected chi connectivity index (χ0v) is 16.9. The molecule has 7 heteroatoms. The molecule has 4 rings (SSSR count). The van der Waals surface area contributed by atoms with Gasteiger partial charge in [-0.2, -0.15) is 0 Å². The third-order valence-electron chi connectivity index (χ3n) is 5.31. The van der Waals surface area contributed by atoms with Crippen molar-refractivity contribution in [3.05, 3.63) is 66.4 Å². The number of rotatable bonds is 6. The lowest BCUT2D eigenvalue weighted by atomic mass is 10.2. The van der Waals surface area contributed by atoms with E-state index >= 15 is 0 Å². The first kappa shape index (κ1) is 19.9. The molecule has 0 saturated carbocycles. The number of hydrogen-bond acceptors (Lipinski definition) is 5. The fraction of sp³-hybridized carbons (Fsp3) is 0.304. The topological polar surface area (TPSA) is 58.8 Å². The molecule has 156 valence electrons. The largest absolute Gasteiger partial charge is 0.497 e. The Hall–Kier alpha value is -3.35. The lowest BCUT2D eigenvalue weighted by Crippen LogP contribution is -2.49. The fourth-order valence-corrected chi connectivity index (χ4v) is 3.59. The first-order valence-electron chi connectivity index (χ1n) is 10.0. The highest BCUT2D eigenvalue weighted by Crippen LogP contribution is 2.24. The quantitative estimate of drug-likeness (QED) is 0.620. The number of amides is 1. The smallest absolute Gasteiger partial charge is 0.223 e. The van der Waals surface area contributed by atoms with Gasteiger partial charge in [-0.3, -0.25) is 4.79 Å². The number of hydrogen-bond donors (Lipinski definition) is 0. The van der Waals surface area contributed by atoms with Gasteiger partial charge in [0.1, 0.15) is 11.6 Å². The molecule has 2 aromatic carbocycles. The summed E-state index contributed by atoms with van der Waals surface area (Å²) >= 11 is 0. The summed E-state index contributed by atoms with van der Waals surface area (Å²) in [7, 11) is 1.62. The van der Waals surface area contributed by atoms with E-state index in [9.17, 15) is 9.18 Å². The van der Waals surface area contributed by atoms with E-state index in [-0.39, 0.29) is 11.7 Å². The molecule has 0 spiro atoms. The predicted octanol–water partition coefficient (Wildman–Crippen LogP) is 3.77. The summed E-state index contributed by atoms with van der Waals surface area (Å²) in [6, 6.07) is 14.3. The minimum atomic E-state index is -0.228. The van der Waals surface area contributed by atoms with Crippen LogP contribution in [0.15, 0.2) is 59.1 Å². The Morgan fingerprint density at radius 3 is 2.53 bits per heavy atom. The molecular formula is C23H24FN3O3. The van der Waals surface area contributed by atoms with E-state index in [1.165, 1.54) is 6.07 Å². The molecule has 30 heavy (non-hydrogen) atoms. The molecule has 0 N–H and O–H groups in total. The van der Waals surface area contributed by atoms with E-state index in [1.54, 1.807) is 25.4 Å². The first-order chi connectivity index (χ1) is 14.6. The molecule has 1 amide bonds. The third-order valence-corrected chi connectivity index (χ3v) is 5.31. The highest BCUT2D eigenvalue weighted by Gasteiger charge is 2.23. The molecule has 1 aliphatic heterocycles. The number of aryl methyl sites for hydroxylation is 1. The second kappa shape index (κ2) is 8.98. The molecule has 0 aliphatic carbocycles. The lowest BCUT2D eigenvalue weighted by Gasteiger charge is -2.36. The van der Waals surface area contributed by atoms with Crippen molar-refractivity contribution in [1.29, 1.82) is 0 Å². The molecule has 1 fully saturated rings. The van der Waals surface area contributed by atoms with Gasteiger partial charge in [-0.05, 0) is 36.4 Å². The van der Waals surface area contributed by atoms with Crippen LogP contribution >= 0.6 is 0 Å². The van der Waals surface area contributed by atoms with Gasteiger partial charge in [0.25, 0.3) is 0 Å². The van der Waals surface area contributed by atoms with Gasteiger partial charge < -0.3 is 19.0 Å². The van der Waals surface area contributed by atoms with E-state index in [0.29, 0.717) is 56.4 Å². The molecule has 0 atom stereocenters. The van der Waals surface area contributed by atoms with Gasteiger partial charge >= 0.3 is 0 Å². The fourth-order valence-electron chi connectivity index (χ4n) is 3.59. The van der Waals surface area contributed by atoms with Crippen molar-refractivity contribution in [2.75, 3.05) is 38.2 Å². The van der Waals surface area contributed by atoms with Crippen molar-refractivity contribution in [2.24, 2.45) is 0 Å². The maximum atomic E-state index is 14.0. The monoisotopic (exact) mass is 409 g/mol. The number of benzene rings is 2. The zero-order valence-electron chi connectivity index (χ0n) is 16.9. The van der Waals surface area contributed by atoms with Crippen molar-refractivity contribution in [1.82, 2.24) is 9.88 Å². The summed E-state index contributed by atoms with van der Waals surface area (Å²) < 4.78 is 24.9. The second-order valence-corrected chi connectivity index (χ2v) is 7.17. The van der Waals surface area contributed by atoms with Crippen molar-refractivity contribution in [2.45, 2.75) is 12.8 Å². The summed E-state index contributed by atoms with van der Waals surface area (Å²) in [6.07, 6.45) is 2.46. The number of carbonyl (C=O) groups excluding carboxylic acids is 1. The number of piperazine rings is 1. The molecule has 2 heterocycles. The van der Waals surface area contributed by atoms with E-state index in [2.05, 4.69) is 4.98 Å². The number of anilines is 1. The molecule has 0 unspecified atom stereocenters. The van der Waals surface area contributed by atoms with Crippen molar-refractivity contribution >= 4 is 11.6 Å². The summed E-state index contributed by atoms with van der Waals surface area (Å²) in [5, 5.41) is 0. The maximum Gasteiger partial charge on any atom is 0.223 e. The van der Waals surface area contributed by atoms with E-state index < -0.39 is 0 Å². The van der Waals surface area contributed by atoms with Crippen molar-refractivity contribution in [3.8, 4) is 17.1 Å². The summed E-state index contributed by atoms with van der Waals surface area (Å²) in [6.45, 7) is 2.40. The van der Waals surface area contributed by atoms with Crippen LogP contribution < -0.4 is 9.64 Å². The Labute approximate surface area is 174 Å². The molecule has 6 nitrogen and oxygen atoms in total. The SMILES string of the molecule is COc1ccc(-c2cnc(CCC(=O)N3CCN(c4ccccc4F)CC3)o2)cc1. The number of nitrogens with zero attached hydrogens (tertiary/aromatic N) is 3. The van der Waals surface area contributed by atoms with Gasteiger partial charge in [-0.1, -0.05) is 12.1 Å². The van der Waals surface area contributed by atoms with Gasteiger partial charge in [0.05, 0.1) is 19.0 Å². The Balaban J connectivity index is 1.28. The minimum absolute atomic E-state index is 0.0624. The Kier molecular flexibility index (Phi) is 5.97. The van der Waals surface area contributed by atoms with Gasteiger partial charge in [0, 0.05) is 44.6 Å². The highest BCUT2D eigenvalue weighted by atomic mass is 19.1. The van der Waals surface area contributed by atoms with Crippen LogP contribution in [-0.4, -0.2) is 49.1 Å². The van der Waals surface area contributed by atoms with Crippen LogP contribution in [0, 0.1) is 5.82 Å². The maximum absolute atomic E-state index is 14.0.